The smallest absolute Gasteiger partial charge is 0.0408 e. The van der Waals surface area contributed by atoms with Crippen molar-refractivity contribution in [3.8, 4) is 0 Å². The molecule has 0 radical (unpaired) electrons. The lowest BCUT2D eigenvalue weighted by Crippen LogP contribution is -2.10. The summed E-state index contributed by atoms with van der Waals surface area (Å²) < 4.78 is 0. The summed E-state index contributed by atoms with van der Waals surface area (Å²) in [5.74, 6) is 1.68. The molecule has 0 saturated heterocycles. The highest BCUT2D eigenvalue weighted by Gasteiger charge is 2.19. The number of halogens is 1. The molecular formula is C16H28ClN. The van der Waals surface area contributed by atoms with Crippen molar-refractivity contribution in [2.24, 2.45) is 11.7 Å². The Kier molecular flexibility index (Phi) is 10.1. The third kappa shape index (κ3) is 5.88. The Morgan fingerprint density at radius 2 is 1.61 bits per heavy atom. The lowest BCUT2D eigenvalue weighted by molar-refractivity contribution is 0.348. The molecule has 0 unspecified atom stereocenters. The molecule has 0 heterocycles. The highest BCUT2D eigenvalue weighted by atomic mass is 35.5. The van der Waals surface area contributed by atoms with Crippen LogP contribution in [0.25, 0.3) is 0 Å². The van der Waals surface area contributed by atoms with Gasteiger partial charge in [-0.05, 0) is 49.4 Å². The predicted octanol–water partition coefficient (Wildman–Crippen LogP) is 5.23. The van der Waals surface area contributed by atoms with E-state index in [2.05, 4.69) is 30.9 Å². The maximum absolute atomic E-state index is 5.99. The van der Waals surface area contributed by atoms with E-state index in [1.165, 1.54) is 38.3 Å². The van der Waals surface area contributed by atoms with E-state index in [9.17, 15) is 0 Å². The van der Waals surface area contributed by atoms with Crippen LogP contribution in [0.5, 0.6) is 0 Å². The number of rotatable bonds is 1. The zero-order valence-corrected chi connectivity index (χ0v) is 13.0. The Hall–Kier alpha value is -0.530. The van der Waals surface area contributed by atoms with Crippen LogP contribution in [0.2, 0.25) is 5.02 Å². The van der Waals surface area contributed by atoms with Crippen LogP contribution in [-0.4, -0.2) is 7.05 Å². The molecule has 1 aliphatic rings. The molecule has 1 saturated carbocycles. The first-order valence-electron chi connectivity index (χ1n) is 7.09. The topological polar surface area (TPSA) is 26.0 Å². The summed E-state index contributed by atoms with van der Waals surface area (Å²) in [7, 11) is 1.50. The third-order valence-corrected chi connectivity index (χ3v) is 3.57. The average molecular weight is 270 g/mol. The second-order valence-corrected chi connectivity index (χ2v) is 4.95. The summed E-state index contributed by atoms with van der Waals surface area (Å²) in [6.45, 7) is 6.36. The standard InChI is InChI=1S/C13H17Cl.C2H6.CH5N/c1-10-5-7-11(8-6-10)12-3-2-4-13(14)9-12;2*1-2/h2-4,9-11H,5-8H2,1H3;1-2H3;2H2,1H3. The lowest BCUT2D eigenvalue weighted by atomic mass is 9.79. The molecule has 18 heavy (non-hydrogen) atoms. The van der Waals surface area contributed by atoms with Crippen LogP contribution in [-0.2, 0) is 0 Å². The molecule has 0 spiro atoms. The predicted molar refractivity (Wildman–Crippen MR) is 83.3 cm³/mol. The highest BCUT2D eigenvalue weighted by molar-refractivity contribution is 6.30. The Morgan fingerprint density at radius 3 is 2.11 bits per heavy atom. The monoisotopic (exact) mass is 269 g/mol. The van der Waals surface area contributed by atoms with E-state index in [1.54, 1.807) is 0 Å². The van der Waals surface area contributed by atoms with Gasteiger partial charge in [-0.15, -0.1) is 0 Å². The Morgan fingerprint density at radius 1 is 1.06 bits per heavy atom. The molecule has 2 N–H and O–H groups in total. The van der Waals surface area contributed by atoms with Crippen LogP contribution in [0.3, 0.4) is 0 Å². The van der Waals surface area contributed by atoms with Crippen molar-refractivity contribution in [3.63, 3.8) is 0 Å². The molecule has 0 amide bonds. The molecular weight excluding hydrogens is 242 g/mol. The van der Waals surface area contributed by atoms with Gasteiger partial charge in [-0.1, -0.05) is 57.3 Å². The van der Waals surface area contributed by atoms with E-state index in [4.69, 9.17) is 11.6 Å². The Bertz CT molecular complexity index is 304. The first-order chi connectivity index (χ1) is 8.75. The molecule has 1 aliphatic carbocycles. The van der Waals surface area contributed by atoms with Gasteiger partial charge in [0.15, 0.2) is 0 Å². The summed E-state index contributed by atoms with van der Waals surface area (Å²) in [6.07, 6.45) is 5.41. The zero-order valence-electron chi connectivity index (χ0n) is 12.2. The van der Waals surface area contributed by atoms with Crippen molar-refractivity contribution in [2.45, 2.75) is 52.4 Å². The van der Waals surface area contributed by atoms with E-state index in [-0.39, 0.29) is 0 Å². The van der Waals surface area contributed by atoms with Crippen molar-refractivity contribution in [2.75, 3.05) is 7.05 Å². The van der Waals surface area contributed by atoms with Gasteiger partial charge in [-0.2, -0.15) is 0 Å². The summed E-state index contributed by atoms with van der Waals surface area (Å²) in [5.41, 5.74) is 5.93. The van der Waals surface area contributed by atoms with Gasteiger partial charge < -0.3 is 5.73 Å². The van der Waals surface area contributed by atoms with Gasteiger partial charge in [0.1, 0.15) is 0 Å². The fraction of sp³-hybridized carbons (Fsp3) is 0.625. The zero-order chi connectivity index (χ0) is 14.0. The van der Waals surface area contributed by atoms with Crippen molar-refractivity contribution in [1.29, 1.82) is 0 Å². The summed E-state index contributed by atoms with van der Waals surface area (Å²) in [5, 5.41) is 0.876. The third-order valence-electron chi connectivity index (χ3n) is 3.34. The minimum Gasteiger partial charge on any atom is -0.333 e. The van der Waals surface area contributed by atoms with E-state index in [0.29, 0.717) is 0 Å². The van der Waals surface area contributed by atoms with Crippen molar-refractivity contribution in [3.05, 3.63) is 34.9 Å². The molecule has 1 nitrogen and oxygen atoms in total. The van der Waals surface area contributed by atoms with Gasteiger partial charge in [-0.25, -0.2) is 0 Å². The molecule has 1 aromatic carbocycles. The van der Waals surface area contributed by atoms with Gasteiger partial charge in [0.05, 0.1) is 0 Å². The molecule has 2 heteroatoms. The van der Waals surface area contributed by atoms with E-state index >= 15 is 0 Å². The van der Waals surface area contributed by atoms with Gasteiger partial charge in [0.25, 0.3) is 0 Å². The molecule has 2 rings (SSSR count). The quantitative estimate of drug-likeness (QED) is 0.742. The van der Waals surface area contributed by atoms with Crippen LogP contribution in [0.15, 0.2) is 24.3 Å². The second-order valence-electron chi connectivity index (χ2n) is 4.51. The van der Waals surface area contributed by atoms with Crippen LogP contribution < -0.4 is 5.73 Å². The highest BCUT2D eigenvalue weighted by Crippen LogP contribution is 2.35. The van der Waals surface area contributed by atoms with Crippen LogP contribution in [0.4, 0.5) is 0 Å². The van der Waals surface area contributed by atoms with Crippen LogP contribution in [0.1, 0.15) is 57.9 Å². The Labute approximate surface area is 118 Å². The number of benzene rings is 1. The second kappa shape index (κ2) is 10.4. The van der Waals surface area contributed by atoms with E-state index in [0.717, 1.165) is 16.9 Å². The van der Waals surface area contributed by atoms with Crippen LogP contribution in [0, 0.1) is 5.92 Å². The van der Waals surface area contributed by atoms with Crippen LogP contribution >= 0.6 is 11.6 Å². The minimum absolute atomic E-state index is 0.755. The first-order valence-corrected chi connectivity index (χ1v) is 7.46. The normalized spacial score (nSPS) is 22.1. The summed E-state index contributed by atoms with van der Waals surface area (Å²) in [4.78, 5) is 0. The lowest BCUT2D eigenvalue weighted by Gasteiger charge is -2.26. The van der Waals surface area contributed by atoms with Gasteiger partial charge in [-0.3, -0.25) is 0 Å². The summed E-state index contributed by atoms with van der Waals surface area (Å²) in [6, 6.07) is 8.36. The number of nitrogens with two attached hydrogens (primary N) is 1. The number of hydrogen-bond acceptors (Lipinski definition) is 1. The molecule has 1 fully saturated rings. The van der Waals surface area contributed by atoms with E-state index in [1.807, 2.05) is 19.9 Å². The molecule has 0 aliphatic heterocycles. The number of hydrogen-bond donors (Lipinski definition) is 1. The average Bonchev–Trinajstić information content (AvgIpc) is 2.44. The maximum atomic E-state index is 5.99. The Balaban J connectivity index is 0.000000659. The molecule has 1 aromatic rings. The van der Waals surface area contributed by atoms with Gasteiger partial charge in [0, 0.05) is 5.02 Å². The molecule has 0 bridgehead atoms. The van der Waals surface area contributed by atoms with E-state index < -0.39 is 0 Å². The fourth-order valence-corrected chi connectivity index (χ4v) is 2.55. The molecule has 0 atom stereocenters. The SMILES string of the molecule is CC.CC1CCC(c2cccc(Cl)c2)CC1.CN. The van der Waals surface area contributed by atoms with Gasteiger partial charge in [0.2, 0.25) is 0 Å². The van der Waals surface area contributed by atoms with Crippen molar-refractivity contribution < 1.29 is 0 Å². The largest absolute Gasteiger partial charge is 0.333 e. The summed E-state index contributed by atoms with van der Waals surface area (Å²) >= 11 is 5.99. The molecule has 0 aromatic heterocycles. The van der Waals surface area contributed by atoms with Crippen molar-refractivity contribution >= 4 is 11.6 Å². The first kappa shape index (κ1) is 17.5. The van der Waals surface area contributed by atoms with Gasteiger partial charge >= 0.3 is 0 Å². The fourth-order valence-electron chi connectivity index (χ4n) is 2.35. The molecule has 104 valence electrons. The minimum atomic E-state index is 0.755. The van der Waals surface area contributed by atoms with Crippen molar-refractivity contribution in [1.82, 2.24) is 0 Å². The maximum Gasteiger partial charge on any atom is 0.0408 e.